The molecule has 0 saturated carbocycles. The van der Waals surface area contributed by atoms with E-state index in [2.05, 4.69) is 20.3 Å². The summed E-state index contributed by atoms with van der Waals surface area (Å²) in [7, 11) is 0. The fraction of sp³-hybridized carbons (Fsp3) is 0.188. The van der Waals surface area contributed by atoms with Gasteiger partial charge in [0.1, 0.15) is 5.69 Å². The first kappa shape index (κ1) is 16.0. The molecule has 0 spiro atoms. The molecule has 1 aromatic carbocycles. The average Bonchev–Trinajstić information content (AvgIpc) is 3.01. The van der Waals surface area contributed by atoms with Crippen LogP contribution in [0.4, 0.5) is 5.13 Å². The summed E-state index contributed by atoms with van der Waals surface area (Å²) in [5, 5.41) is 4.77. The number of carbonyl (C=O) groups excluding carboxylic acids is 2. The number of thiazole rings is 1. The highest BCUT2D eigenvalue weighted by atomic mass is 32.1. The fourth-order valence-corrected chi connectivity index (χ4v) is 2.74. The second-order valence-corrected chi connectivity index (χ2v) is 5.68. The molecule has 3 aromatic rings. The Morgan fingerprint density at radius 2 is 2.00 bits per heavy atom. The average molecular weight is 342 g/mol. The third kappa shape index (κ3) is 3.72. The second kappa shape index (κ2) is 7.14. The number of carbonyl (C=O) groups is 2. The maximum absolute atomic E-state index is 12.3. The van der Waals surface area contributed by atoms with Gasteiger partial charge in [0.25, 0.3) is 5.91 Å². The van der Waals surface area contributed by atoms with Gasteiger partial charge in [-0.3, -0.25) is 19.9 Å². The molecule has 8 heteroatoms. The van der Waals surface area contributed by atoms with Crippen molar-refractivity contribution in [3.05, 3.63) is 47.2 Å². The first-order valence-electron chi connectivity index (χ1n) is 7.29. The maximum atomic E-state index is 12.3. The number of para-hydroxylation sites is 2. The summed E-state index contributed by atoms with van der Waals surface area (Å²) in [4.78, 5) is 36.4. The molecule has 1 amide bonds. The zero-order valence-electron chi connectivity index (χ0n) is 12.9. The van der Waals surface area contributed by atoms with Crippen LogP contribution in [0, 0.1) is 0 Å². The summed E-state index contributed by atoms with van der Waals surface area (Å²) in [5.74, 6) is -0.744. The summed E-state index contributed by atoms with van der Waals surface area (Å²) < 4.78 is 4.87. The molecule has 2 aromatic heterocycles. The maximum Gasteiger partial charge on any atom is 0.311 e. The van der Waals surface area contributed by atoms with Gasteiger partial charge in [-0.2, -0.15) is 0 Å². The molecular formula is C16H14N4O3S. The SMILES string of the molecule is CCOC(=O)Cc1csc(NC(=O)c2cnc3ccccc3n2)n1. The third-order valence-electron chi connectivity index (χ3n) is 3.08. The van der Waals surface area contributed by atoms with Gasteiger partial charge in [-0.15, -0.1) is 11.3 Å². The fourth-order valence-electron chi connectivity index (χ4n) is 2.03. The standard InChI is InChI=1S/C16H14N4O3S/c1-2-23-14(21)7-10-9-24-16(18-10)20-15(22)13-8-17-11-5-3-4-6-12(11)19-13/h3-6,8-9H,2,7H2,1H3,(H,18,20,22). The molecule has 1 N–H and O–H groups in total. The second-order valence-electron chi connectivity index (χ2n) is 4.82. The van der Waals surface area contributed by atoms with E-state index >= 15 is 0 Å². The van der Waals surface area contributed by atoms with E-state index in [0.29, 0.717) is 22.9 Å². The Morgan fingerprint density at radius 1 is 1.21 bits per heavy atom. The number of nitrogens with one attached hydrogen (secondary N) is 1. The van der Waals surface area contributed by atoms with Crippen LogP contribution in [-0.2, 0) is 16.0 Å². The van der Waals surface area contributed by atoms with E-state index in [4.69, 9.17) is 4.74 Å². The number of esters is 1. The molecule has 0 aliphatic rings. The van der Waals surface area contributed by atoms with Crippen LogP contribution >= 0.6 is 11.3 Å². The lowest BCUT2D eigenvalue weighted by atomic mass is 10.3. The Bertz CT molecular complexity index is 894. The minimum atomic E-state index is -0.398. The highest BCUT2D eigenvalue weighted by molar-refractivity contribution is 7.14. The smallest absolute Gasteiger partial charge is 0.311 e. The number of hydrogen-bond acceptors (Lipinski definition) is 7. The number of ether oxygens (including phenoxy) is 1. The van der Waals surface area contributed by atoms with Crippen molar-refractivity contribution in [3.63, 3.8) is 0 Å². The summed E-state index contributed by atoms with van der Waals surface area (Å²) >= 11 is 1.24. The van der Waals surface area contributed by atoms with Crippen molar-refractivity contribution in [2.75, 3.05) is 11.9 Å². The van der Waals surface area contributed by atoms with Gasteiger partial charge < -0.3 is 4.74 Å². The number of nitrogens with zero attached hydrogens (tertiary/aromatic N) is 3. The number of benzene rings is 1. The Hall–Kier alpha value is -2.87. The van der Waals surface area contributed by atoms with Crippen molar-refractivity contribution in [2.24, 2.45) is 0 Å². The zero-order valence-corrected chi connectivity index (χ0v) is 13.7. The van der Waals surface area contributed by atoms with Crippen LogP contribution in [0.1, 0.15) is 23.1 Å². The first-order chi connectivity index (χ1) is 11.7. The monoisotopic (exact) mass is 342 g/mol. The van der Waals surface area contributed by atoms with Gasteiger partial charge in [0, 0.05) is 5.38 Å². The van der Waals surface area contributed by atoms with Crippen LogP contribution in [0.3, 0.4) is 0 Å². The van der Waals surface area contributed by atoms with Gasteiger partial charge in [-0.05, 0) is 19.1 Å². The largest absolute Gasteiger partial charge is 0.466 e. The minimum Gasteiger partial charge on any atom is -0.466 e. The lowest BCUT2D eigenvalue weighted by molar-refractivity contribution is -0.142. The van der Waals surface area contributed by atoms with Crippen molar-refractivity contribution in [2.45, 2.75) is 13.3 Å². The molecule has 0 aliphatic carbocycles. The molecule has 122 valence electrons. The molecule has 3 rings (SSSR count). The van der Waals surface area contributed by atoms with Gasteiger partial charge >= 0.3 is 5.97 Å². The van der Waals surface area contributed by atoms with Crippen molar-refractivity contribution >= 4 is 39.4 Å². The third-order valence-corrected chi connectivity index (χ3v) is 3.89. The number of anilines is 1. The highest BCUT2D eigenvalue weighted by Gasteiger charge is 2.13. The number of fused-ring (bicyclic) bond motifs is 1. The van der Waals surface area contributed by atoms with Gasteiger partial charge in [0.05, 0.1) is 36.0 Å². The van der Waals surface area contributed by atoms with Crippen molar-refractivity contribution < 1.29 is 14.3 Å². The number of amides is 1. The van der Waals surface area contributed by atoms with Crippen LogP contribution in [0.2, 0.25) is 0 Å². The zero-order chi connectivity index (χ0) is 16.9. The minimum absolute atomic E-state index is 0.0794. The lowest BCUT2D eigenvalue weighted by Crippen LogP contribution is -2.14. The first-order valence-corrected chi connectivity index (χ1v) is 8.17. The molecule has 0 saturated heterocycles. The molecule has 7 nitrogen and oxygen atoms in total. The Labute approximate surface area is 141 Å². The molecule has 0 fully saturated rings. The summed E-state index contributed by atoms with van der Waals surface area (Å²) in [6.07, 6.45) is 1.50. The van der Waals surface area contributed by atoms with Crippen molar-refractivity contribution in [3.8, 4) is 0 Å². The van der Waals surface area contributed by atoms with E-state index in [-0.39, 0.29) is 18.1 Å². The van der Waals surface area contributed by atoms with Crippen LogP contribution in [0.15, 0.2) is 35.8 Å². The Kier molecular flexibility index (Phi) is 4.76. The molecule has 0 radical (unpaired) electrons. The molecular weight excluding hydrogens is 328 g/mol. The topological polar surface area (TPSA) is 94.1 Å². The van der Waals surface area contributed by atoms with Crippen molar-refractivity contribution in [1.29, 1.82) is 0 Å². The summed E-state index contributed by atoms with van der Waals surface area (Å²) in [5.41, 5.74) is 2.13. The van der Waals surface area contributed by atoms with E-state index in [1.807, 2.05) is 18.2 Å². The molecule has 24 heavy (non-hydrogen) atoms. The van der Waals surface area contributed by atoms with Crippen LogP contribution in [-0.4, -0.2) is 33.4 Å². The van der Waals surface area contributed by atoms with Gasteiger partial charge in [0.15, 0.2) is 5.13 Å². The van der Waals surface area contributed by atoms with Crippen molar-refractivity contribution in [1.82, 2.24) is 15.0 Å². The van der Waals surface area contributed by atoms with Gasteiger partial charge in [0.2, 0.25) is 0 Å². The van der Waals surface area contributed by atoms with E-state index in [1.165, 1.54) is 17.5 Å². The predicted octanol–water partition coefficient (Wildman–Crippen LogP) is 2.44. The molecule has 2 heterocycles. The molecule has 0 unspecified atom stereocenters. The summed E-state index contributed by atoms with van der Waals surface area (Å²) in [6.45, 7) is 2.07. The van der Waals surface area contributed by atoms with Crippen LogP contribution in [0.25, 0.3) is 11.0 Å². The van der Waals surface area contributed by atoms with Gasteiger partial charge in [-0.25, -0.2) is 9.97 Å². The Morgan fingerprint density at radius 3 is 2.79 bits per heavy atom. The van der Waals surface area contributed by atoms with E-state index in [1.54, 1.807) is 18.4 Å². The van der Waals surface area contributed by atoms with E-state index in [0.717, 1.165) is 5.52 Å². The van der Waals surface area contributed by atoms with Crippen LogP contribution < -0.4 is 5.32 Å². The lowest BCUT2D eigenvalue weighted by Gasteiger charge is -2.02. The molecule has 0 atom stereocenters. The van der Waals surface area contributed by atoms with E-state index < -0.39 is 5.91 Å². The quantitative estimate of drug-likeness (QED) is 0.716. The van der Waals surface area contributed by atoms with E-state index in [9.17, 15) is 9.59 Å². The normalized spacial score (nSPS) is 10.5. The highest BCUT2D eigenvalue weighted by Crippen LogP contribution is 2.17. The number of rotatable bonds is 5. The number of hydrogen-bond donors (Lipinski definition) is 1. The number of aromatic nitrogens is 3. The molecule has 0 bridgehead atoms. The Balaban J connectivity index is 1.69. The summed E-state index contributed by atoms with van der Waals surface area (Å²) in [6, 6.07) is 7.31. The molecule has 0 aliphatic heterocycles. The predicted molar refractivity (Wildman–Crippen MR) is 89.9 cm³/mol. The van der Waals surface area contributed by atoms with Gasteiger partial charge in [-0.1, -0.05) is 12.1 Å². The van der Waals surface area contributed by atoms with Crippen LogP contribution in [0.5, 0.6) is 0 Å².